The smallest absolute Gasteiger partial charge is 0.0462 e. The number of methoxy groups -OCH3 is 1. The quantitative estimate of drug-likeness (QED) is 0.591. The first-order chi connectivity index (χ1) is 5.88. The SMILES string of the molecule is COCCCCN1CCC1CN. The van der Waals surface area contributed by atoms with E-state index in [4.69, 9.17) is 10.5 Å². The molecule has 2 N–H and O–H groups in total. The molecule has 0 bridgehead atoms. The van der Waals surface area contributed by atoms with Crippen LogP contribution < -0.4 is 5.73 Å². The molecule has 1 atom stereocenters. The number of hydrogen-bond donors (Lipinski definition) is 1. The highest BCUT2D eigenvalue weighted by atomic mass is 16.5. The summed E-state index contributed by atoms with van der Waals surface area (Å²) in [5.41, 5.74) is 5.59. The van der Waals surface area contributed by atoms with E-state index in [1.165, 1.54) is 32.4 Å². The Balaban J connectivity index is 1.93. The molecule has 1 rings (SSSR count). The molecule has 0 spiro atoms. The third kappa shape index (κ3) is 2.73. The van der Waals surface area contributed by atoms with Crippen molar-refractivity contribution in [3.8, 4) is 0 Å². The number of nitrogens with two attached hydrogens (primary N) is 1. The van der Waals surface area contributed by atoms with Gasteiger partial charge in [-0.1, -0.05) is 0 Å². The summed E-state index contributed by atoms with van der Waals surface area (Å²) in [6.45, 7) is 4.16. The third-order valence-electron chi connectivity index (χ3n) is 2.58. The molecule has 1 aliphatic rings. The second kappa shape index (κ2) is 5.51. The van der Waals surface area contributed by atoms with E-state index in [0.717, 1.165) is 13.2 Å². The zero-order valence-electron chi connectivity index (χ0n) is 7.96. The van der Waals surface area contributed by atoms with Crippen molar-refractivity contribution in [3.05, 3.63) is 0 Å². The molecule has 72 valence electrons. The number of rotatable bonds is 6. The van der Waals surface area contributed by atoms with E-state index < -0.39 is 0 Å². The van der Waals surface area contributed by atoms with Crippen molar-refractivity contribution in [2.75, 3.05) is 33.4 Å². The summed E-state index contributed by atoms with van der Waals surface area (Å²) in [6.07, 6.45) is 3.70. The lowest BCUT2D eigenvalue weighted by atomic mass is 10.0. The van der Waals surface area contributed by atoms with Crippen molar-refractivity contribution in [1.29, 1.82) is 0 Å². The number of nitrogens with zero attached hydrogens (tertiary/aromatic N) is 1. The molecule has 3 nitrogen and oxygen atoms in total. The van der Waals surface area contributed by atoms with Gasteiger partial charge >= 0.3 is 0 Å². The van der Waals surface area contributed by atoms with Gasteiger partial charge in [0.15, 0.2) is 0 Å². The van der Waals surface area contributed by atoms with Crippen molar-refractivity contribution < 1.29 is 4.74 Å². The van der Waals surface area contributed by atoms with Gasteiger partial charge in [0.25, 0.3) is 0 Å². The van der Waals surface area contributed by atoms with Gasteiger partial charge in [-0.15, -0.1) is 0 Å². The van der Waals surface area contributed by atoms with Crippen molar-refractivity contribution >= 4 is 0 Å². The van der Waals surface area contributed by atoms with E-state index in [0.29, 0.717) is 6.04 Å². The molecule has 0 amide bonds. The van der Waals surface area contributed by atoms with Crippen LogP contribution in [0.5, 0.6) is 0 Å². The Hall–Kier alpha value is -0.120. The topological polar surface area (TPSA) is 38.5 Å². The maximum atomic E-state index is 5.59. The van der Waals surface area contributed by atoms with E-state index in [1.54, 1.807) is 7.11 Å². The standard InChI is InChI=1S/C9H20N2O/c1-12-7-3-2-5-11-6-4-9(11)8-10/h9H,2-8,10H2,1H3. The Labute approximate surface area is 74.9 Å². The Morgan fingerprint density at radius 2 is 2.33 bits per heavy atom. The van der Waals surface area contributed by atoms with Gasteiger partial charge in [0.05, 0.1) is 0 Å². The number of unbranched alkanes of at least 4 members (excludes halogenated alkanes) is 1. The molecule has 0 aromatic rings. The molecule has 0 aromatic carbocycles. The minimum atomic E-state index is 0.674. The van der Waals surface area contributed by atoms with Gasteiger partial charge in [-0.25, -0.2) is 0 Å². The minimum Gasteiger partial charge on any atom is -0.385 e. The van der Waals surface area contributed by atoms with Gasteiger partial charge in [0, 0.05) is 32.8 Å². The first kappa shape index (κ1) is 9.96. The average Bonchev–Trinajstić information content (AvgIpc) is 2.03. The van der Waals surface area contributed by atoms with Crippen LogP contribution >= 0.6 is 0 Å². The van der Waals surface area contributed by atoms with Gasteiger partial charge in [0.1, 0.15) is 0 Å². The van der Waals surface area contributed by atoms with Crippen molar-refractivity contribution in [2.24, 2.45) is 5.73 Å². The van der Waals surface area contributed by atoms with Crippen molar-refractivity contribution in [1.82, 2.24) is 4.90 Å². The summed E-state index contributed by atoms with van der Waals surface area (Å²) < 4.78 is 4.99. The van der Waals surface area contributed by atoms with Gasteiger partial charge in [-0.3, -0.25) is 4.90 Å². The van der Waals surface area contributed by atoms with Gasteiger partial charge in [-0.2, -0.15) is 0 Å². The summed E-state index contributed by atoms with van der Waals surface area (Å²) in [4.78, 5) is 2.47. The molecule has 1 aliphatic heterocycles. The normalized spacial score (nSPS) is 24.0. The summed E-state index contributed by atoms with van der Waals surface area (Å²) in [7, 11) is 1.76. The molecule has 12 heavy (non-hydrogen) atoms. The maximum absolute atomic E-state index is 5.59. The molecule has 1 heterocycles. The largest absolute Gasteiger partial charge is 0.385 e. The lowest BCUT2D eigenvalue weighted by Gasteiger charge is -2.40. The first-order valence-electron chi connectivity index (χ1n) is 4.81. The van der Waals surface area contributed by atoms with E-state index in [-0.39, 0.29) is 0 Å². The predicted molar refractivity (Wildman–Crippen MR) is 50.1 cm³/mol. The summed E-state index contributed by atoms with van der Waals surface area (Å²) in [5, 5.41) is 0. The number of hydrogen-bond acceptors (Lipinski definition) is 3. The molecule has 3 heteroatoms. The van der Waals surface area contributed by atoms with Gasteiger partial charge in [-0.05, 0) is 25.8 Å². The monoisotopic (exact) mass is 172 g/mol. The first-order valence-corrected chi connectivity index (χ1v) is 4.81. The molecular formula is C9H20N2O. The minimum absolute atomic E-state index is 0.674. The molecule has 0 aliphatic carbocycles. The van der Waals surface area contributed by atoms with E-state index in [1.807, 2.05) is 0 Å². The molecule has 1 unspecified atom stereocenters. The van der Waals surface area contributed by atoms with Crippen LogP contribution in [0, 0.1) is 0 Å². The van der Waals surface area contributed by atoms with E-state index in [2.05, 4.69) is 4.90 Å². The van der Waals surface area contributed by atoms with Gasteiger partial charge in [0.2, 0.25) is 0 Å². The third-order valence-corrected chi connectivity index (χ3v) is 2.58. The number of likely N-dealkylation sites (tertiary alicyclic amines) is 1. The highest BCUT2D eigenvalue weighted by molar-refractivity contribution is 4.82. The molecule has 1 saturated heterocycles. The van der Waals surface area contributed by atoms with Crippen LogP contribution in [0.4, 0.5) is 0 Å². The second-order valence-electron chi connectivity index (χ2n) is 3.41. The fourth-order valence-corrected chi connectivity index (χ4v) is 1.62. The Morgan fingerprint density at radius 3 is 2.83 bits per heavy atom. The predicted octanol–water partition coefficient (Wildman–Crippen LogP) is 0.446. The van der Waals surface area contributed by atoms with Crippen molar-refractivity contribution in [3.63, 3.8) is 0 Å². The Morgan fingerprint density at radius 1 is 1.50 bits per heavy atom. The Kier molecular flexibility index (Phi) is 4.58. The van der Waals surface area contributed by atoms with Crippen LogP contribution in [0.2, 0.25) is 0 Å². The molecule has 0 radical (unpaired) electrons. The molecular weight excluding hydrogens is 152 g/mol. The van der Waals surface area contributed by atoms with E-state index >= 15 is 0 Å². The molecule has 0 aromatic heterocycles. The van der Waals surface area contributed by atoms with Crippen LogP contribution in [0.1, 0.15) is 19.3 Å². The maximum Gasteiger partial charge on any atom is 0.0462 e. The fraction of sp³-hybridized carbons (Fsp3) is 1.00. The average molecular weight is 172 g/mol. The summed E-state index contributed by atoms with van der Waals surface area (Å²) >= 11 is 0. The second-order valence-corrected chi connectivity index (χ2v) is 3.41. The van der Waals surface area contributed by atoms with Crippen LogP contribution in [-0.4, -0.2) is 44.3 Å². The zero-order valence-corrected chi connectivity index (χ0v) is 7.96. The molecule has 0 saturated carbocycles. The Bertz CT molecular complexity index is 117. The highest BCUT2D eigenvalue weighted by Crippen LogP contribution is 2.16. The molecule has 1 fully saturated rings. The van der Waals surface area contributed by atoms with Crippen LogP contribution in [0.3, 0.4) is 0 Å². The summed E-state index contributed by atoms with van der Waals surface area (Å²) in [6, 6.07) is 0.674. The lowest BCUT2D eigenvalue weighted by molar-refractivity contribution is 0.0903. The number of ether oxygens (including phenoxy) is 1. The zero-order chi connectivity index (χ0) is 8.81. The van der Waals surface area contributed by atoms with Crippen LogP contribution in [-0.2, 0) is 4.74 Å². The van der Waals surface area contributed by atoms with E-state index in [9.17, 15) is 0 Å². The lowest BCUT2D eigenvalue weighted by Crippen LogP contribution is -2.51. The van der Waals surface area contributed by atoms with Crippen LogP contribution in [0.25, 0.3) is 0 Å². The summed E-state index contributed by atoms with van der Waals surface area (Å²) in [5.74, 6) is 0. The fourth-order valence-electron chi connectivity index (χ4n) is 1.62. The highest BCUT2D eigenvalue weighted by Gasteiger charge is 2.25. The van der Waals surface area contributed by atoms with Crippen molar-refractivity contribution in [2.45, 2.75) is 25.3 Å². The van der Waals surface area contributed by atoms with Crippen LogP contribution in [0.15, 0.2) is 0 Å². The van der Waals surface area contributed by atoms with Gasteiger partial charge < -0.3 is 10.5 Å².